The summed E-state index contributed by atoms with van der Waals surface area (Å²) in [5.74, 6) is -0.367. The molecule has 6 nitrogen and oxygen atoms in total. The number of aryl methyl sites for hydroxylation is 1. The summed E-state index contributed by atoms with van der Waals surface area (Å²) in [5.41, 5.74) is 2.39. The fraction of sp³-hybridized carbons (Fsp3) is 0.522. The smallest absolute Gasteiger partial charge is 0.252 e. The normalized spacial score (nSPS) is 20.7. The maximum absolute atomic E-state index is 13.0. The van der Waals surface area contributed by atoms with E-state index >= 15 is 0 Å². The Bertz CT molecular complexity index is 1010. The second-order valence-corrected chi connectivity index (χ2v) is 12.0. The minimum atomic E-state index is -3.53. The number of carbonyl (C=O) groups is 1. The maximum Gasteiger partial charge on any atom is 0.252 e. The van der Waals surface area contributed by atoms with Crippen LogP contribution in [0.2, 0.25) is 0 Å². The fourth-order valence-corrected chi connectivity index (χ4v) is 7.41. The van der Waals surface area contributed by atoms with E-state index in [0.717, 1.165) is 36.5 Å². The molecule has 2 aliphatic heterocycles. The van der Waals surface area contributed by atoms with E-state index in [9.17, 15) is 13.2 Å². The van der Waals surface area contributed by atoms with Crippen LogP contribution < -0.4 is 5.32 Å². The molecule has 31 heavy (non-hydrogen) atoms. The summed E-state index contributed by atoms with van der Waals surface area (Å²) in [4.78, 5) is 16.3. The van der Waals surface area contributed by atoms with Crippen molar-refractivity contribution in [1.82, 2.24) is 14.5 Å². The number of benzene rings is 1. The van der Waals surface area contributed by atoms with Gasteiger partial charge < -0.3 is 5.32 Å². The lowest BCUT2D eigenvalue weighted by Crippen LogP contribution is -2.45. The van der Waals surface area contributed by atoms with Crippen molar-refractivity contribution in [2.24, 2.45) is 5.92 Å². The van der Waals surface area contributed by atoms with E-state index in [1.54, 1.807) is 6.07 Å². The van der Waals surface area contributed by atoms with Crippen molar-refractivity contribution in [3.05, 3.63) is 52.4 Å². The Labute approximate surface area is 189 Å². The molecule has 2 aromatic rings. The molecule has 1 amide bonds. The van der Waals surface area contributed by atoms with Crippen molar-refractivity contribution in [2.45, 2.75) is 49.9 Å². The zero-order valence-corrected chi connectivity index (χ0v) is 19.7. The molecule has 1 aromatic heterocycles. The summed E-state index contributed by atoms with van der Waals surface area (Å²) < 4.78 is 27.8. The number of thiophene rings is 1. The molecule has 0 radical (unpaired) electrons. The molecule has 1 aromatic carbocycles. The lowest BCUT2D eigenvalue weighted by atomic mass is 9.98. The van der Waals surface area contributed by atoms with Crippen LogP contribution in [0, 0.1) is 12.8 Å². The van der Waals surface area contributed by atoms with Crippen LogP contribution in [0.15, 0.2) is 40.6 Å². The quantitative estimate of drug-likeness (QED) is 0.686. The second kappa shape index (κ2) is 9.81. The van der Waals surface area contributed by atoms with E-state index in [1.165, 1.54) is 34.0 Å². The number of nitrogens with one attached hydrogen (secondary N) is 1. The zero-order valence-electron chi connectivity index (χ0n) is 18.0. The Morgan fingerprint density at radius 3 is 2.52 bits per heavy atom. The monoisotopic (exact) mass is 461 g/mol. The number of rotatable bonds is 7. The topological polar surface area (TPSA) is 69.7 Å². The lowest BCUT2D eigenvalue weighted by Gasteiger charge is -2.31. The Balaban J connectivity index is 1.37. The lowest BCUT2D eigenvalue weighted by molar-refractivity contribution is -0.126. The number of amides is 1. The van der Waals surface area contributed by atoms with E-state index < -0.39 is 10.0 Å². The SMILES string of the molecule is Cc1ccc(S(=O)(=O)N2CCC[C@H](C(=O)NCc3ccccc3CN3CCCC3)C2)s1. The number of piperidine rings is 1. The van der Waals surface area contributed by atoms with Gasteiger partial charge in [-0.2, -0.15) is 4.31 Å². The molecular weight excluding hydrogens is 430 g/mol. The van der Waals surface area contributed by atoms with Gasteiger partial charge in [-0.25, -0.2) is 8.42 Å². The molecule has 2 fully saturated rings. The zero-order chi connectivity index (χ0) is 21.8. The predicted octanol–water partition coefficient (Wildman–Crippen LogP) is 3.37. The summed E-state index contributed by atoms with van der Waals surface area (Å²) >= 11 is 1.29. The number of likely N-dealkylation sites (tertiary alicyclic amines) is 1. The molecule has 0 bridgehead atoms. The van der Waals surface area contributed by atoms with Crippen molar-refractivity contribution in [2.75, 3.05) is 26.2 Å². The molecule has 8 heteroatoms. The van der Waals surface area contributed by atoms with Gasteiger partial charge in [0.2, 0.25) is 5.91 Å². The van der Waals surface area contributed by atoms with Crippen LogP contribution in [0.5, 0.6) is 0 Å². The van der Waals surface area contributed by atoms with Crippen LogP contribution in [-0.2, 0) is 27.9 Å². The van der Waals surface area contributed by atoms with E-state index in [1.807, 2.05) is 25.1 Å². The standard InChI is InChI=1S/C23H31N3O3S2/c1-18-10-11-22(30-18)31(28,29)26-14-6-9-21(17-26)23(27)24-15-19-7-2-3-8-20(19)16-25-12-4-5-13-25/h2-3,7-8,10-11,21H,4-6,9,12-17H2,1H3,(H,24,27)/t21-/m0/s1. The van der Waals surface area contributed by atoms with E-state index in [0.29, 0.717) is 23.7 Å². The highest BCUT2D eigenvalue weighted by molar-refractivity contribution is 7.91. The first-order chi connectivity index (χ1) is 14.9. The molecule has 1 N–H and O–H groups in total. The molecular formula is C23H31N3O3S2. The summed E-state index contributed by atoms with van der Waals surface area (Å²) in [6.45, 7) is 6.30. The highest BCUT2D eigenvalue weighted by atomic mass is 32.2. The Morgan fingerprint density at radius 1 is 1.06 bits per heavy atom. The Morgan fingerprint density at radius 2 is 1.81 bits per heavy atom. The number of hydrogen-bond acceptors (Lipinski definition) is 5. The van der Waals surface area contributed by atoms with Crippen molar-refractivity contribution < 1.29 is 13.2 Å². The first kappa shape index (κ1) is 22.5. The molecule has 0 saturated carbocycles. The first-order valence-corrected chi connectivity index (χ1v) is 13.3. The van der Waals surface area contributed by atoms with Crippen molar-refractivity contribution in [3.63, 3.8) is 0 Å². The number of carbonyl (C=O) groups excluding carboxylic acids is 1. The highest BCUT2D eigenvalue weighted by Gasteiger charge is 2.34. The van der Waals surface area contributed by atoms with Crippen LogP contribution in [0.25, 0.3) is 0 Å². The molecule has 2 aliphatic rings. The number of sulfonamides is 1. The van der Waals surface area contributed by atoms with Crippen molar-refractivity contribution >= 4 is 27.3 Å². The summed E-state index contributed by atoms with van der Waals surface area (Å²) in [7, 11) is -3.53. The number of nitrogens with zero attached hydrogens (tertiary/aromatic N) is 2. The minimum absolute atomic E-state index is 0.0572. The van der Waals surface area contributed by atoms with Crippen LogP contribution in [0.4, 0.5) is 0 Å². The van der Waals surface area contributed by atoms with E-state index in [4.69, 9.17) is 0 Å². The van der Waals surface area contributed by atoms with Gasteiger partial charge in [-0.3, -0.25) is 9.69 Å². The molecule has 0 spiro atoms. The summed E-state index contributed by atoms with van der Waals surface area (Å²) in [6.07, 6.45) is 3.93. The second-order valence-electron chi connectivity index (χ2n) is 8.54. The van der Waals surface area contributed by atoms with Crippen LogP contribution in [0.1, 0.15) is 41.7 Å². The molecule has 0 aliphatic carbocycles. The summed E-state index contributed by atoms with van der Waals surface area (Å²) in [5, 5.41) is 3.07. The van der Waals surface area contributed by atoms with Gasteiger partial charge in [0.15, 0.2) is 0 Å². The van der Waals surface area contributed by atoms with Crippen molar-refractivity contribution in [3.8, 4) is 0 Å². The van der Waals surface area contributed by atoms with Gasteiger partial charge in [0.05, 0.1) is 5.92 Å². The number of hydrogen-bond donors (Lipinski definition) is 1. The molecule has 168 valence electrons. The van der Waals surface area contributed by atoms with Gasteiger partial charge >= 0.3 is 0 Å². The average molecular weight is 462 g/mol. The van der Waals surface area contributed by atoms with Crippen molar-refractivity contribution in [1.29, 1.82) is 0 Å². The third-order valence-electron chi connectivity index (χ3n) is 6.23. The minimum Gasteiger partial charge on any atom is -0.352 e. The third-order valence-corrected chi connectivity index (χ3v) is 9.56. The Hall–Kier alpha value is -1.74. The first-order valence-electron chi connectivity index (χ1n) is 11.1. The van der Waals surface area contributed by atoms with Crippen LogP contribution in [-0.4, -0.2) is 49.7 Å². The van der Waals surface area contributed by atoms with Gasteiger partial charge in [-0.15, -0.1) is 11.3 Å². The molecule has 1 atom stereocenters. The molecule has 3 heterocycles. The molecule has 2 saturated heterocycles. The highest BCUT2D eigenvalue weighted by Crippen LogP contribution is 2.28. The average Bonchev–Trinajstić information content (AvgIpc) is 3.45. The van der Waals surface area contributed by atoms with Gasteiger partial charge in [-0.05, 0) is 69.0 Å². The van der Waals surface area contributed by atoms with Gasteiger partial charge in [0.1, 0.15) is 4.21 Å². The third kappa shape index (κ3) is 5.37. The maximum atomic E-state index is 13.0. The van der Waals surface area contributed by atoms with E-state index in [-0.39, 0.29) is 18.4 Å². The van der Waals surface area contributed by atoms with Gasteiger partial charge in [-0.1, -0.05) is 24.3 Å². The summed E-state index contributed by atoms with van der Waals surface area (Å²) in [6, 6.07) is 11.8. The Kier molecular flexibility index (Phi) is 7.11. The van der Waals surface area contributed by atoms with Gasteiger partial charge in [0.25, 0.3) is 10.0 Å². The predicted molar refractivity (Wildman–Crippen MR) is 123 cm³/mol. The molecule has 0 unspecified atom stereocenters. The fourth-order valence-electron chi connectivity index (χ4n) is 4.45. The molecule has 4 rings (SSSR count). The largest absolute Gasteiger partial charge is 0.352 e. The van der Waals surface area contributed by atoms with Crippen LogP contribution in [0.3, 0.4) is 0 Å². The van der Waals surface area contributed by atoms with Crippen LogP contribution >= 0.6 is 11.3 Å². The van der Waals surface area contributed by atoms with Gasteiger partial charge in [0, 0.05) is 31.1 Å². The van der Waals surface area contributed by atoms with E-state index in [2.05, 4.69) is 22.3 Å².